The summed E-state index contributed by atoms with van der Waals surface area (Å²) in [6.45, 7) is 10.0. The predicted octanol–water partition coefficient (Wildman–Crippen LogP) is 3.29. The van der Waals surface area contributed by atoms with Crippen LogP contribution in [0.25, 0.3) is 0 Å². The lowest BCUT2D eigenvalue weighted by Gasteiger charge is -2.19. The van der Waals surface area contributed by atoms with E-state index in [1.807, 2.05) is 6.07 Å². The Bertz CT molecular complexity index is 373. The minimum atomic E-state index is 0.393. The van der Waals surface area contributed by atoms with Crippen molar-refractivity contribution >= 4 is 11.6 Å². The maximum Gasteiger partial charge on any atom is 0.158 e. The van der Waals surface area contributed by atoms with Gasteiger partial charge in [0, 0.05) is 25.8 Å². The molecule has 0 aliphatic rings. The third kappa shape index (κ3) is 5.74. The van der Waals surface area contributed by atoms with Crippen LogP contribution >= 0.6 is 0 Å². The predicted molar refractivity (Wildman–Crippen MR) is 84.1 cm³/mol. The van der Waals surface area contributed by atoms with E-state index in [0.717, 1.165) is 24.6 Å². The van der Waals surface area contributed by atoms with Crippen LogP contribution in [0.2, 0.25) is 0 Å². The van der Waals surface area contributed by atoms with Gasteiger partial charge in [0.05, 0.1) is 0 Å². The van der Waals surface area contributed by atoms with Crippen molar-refractivity contribution in [3.8, 4) is 0 Å². The Balaban J connectivity index is 2.76. The summed E-state index contributed by atoms with van der Waals surface area (Å²) in [5.74, 6) is 3.11. The first-order valence-corrected chi connectivity index (χ1v) is 7.46. The quantitative estimate of drug-likeness (QED) is 0.727. The third-order valence-electron chi connectivity index (χ3n) is 3.25. The van der Waals surface area contributed by atoms with Gasteiger partial charge in [0.25, 0.3) is 0 Å². The van der Waals surface area contributed by atoms with E-state index in [0.29, 0.717) is 24.4 Å². The van der Waals surface area contributed by atoms with E-state index in [2.05, 4.69) is 48.3 Å². The fourth-order valence-corrected chi connectivity index (χ4v) is 2.12. The van der Waals surface area contributed by atoms with Gasteiger partial charge in [-0.3, -0.25) is 0 Å². The molecule has 1 rings (SSSR count). The molecule has 5 heteroatoms. The number of hydrogen-bond acceptors (Lipinski definition) is 5. The summed E-state index contributed by atoms with van der Waals surface area (Å²) in [6, 6.07) is 2.35. The first-order chi connectivity index (χ1) is 9.58. The van der Waals surface area contributed by atoms with Crippen LogP contribution in [0.5, 0.6) is 0 Å². The molecular formula is C15H28N4O. The molecule has 114 valence electrons. The van der Waals surface area contributed by atoms with Crippen molar-refractivity contribution in [3.63, 3.8) is 0 Å². The number of rotatable bonds is 9. The van der Waals surface area contributed by atoms with E-state index in [-0.39, 0.29) is 0 Å². The molecule has 20 heavy (non-hydrogen) atoms. The standard InChI is InChI=1S/C15H28N4O/c1-6-11(3)8-12(4)17-14-9-13(16-7-2)18-15(19-14)10-20-5/h9,11-12H,6-8,10H2,1-5H3,(H2,16,17,18,19). The normalized spacial score (nSPS) is 13.8. The number of ether oxygens (including phenoxy) is 1. The topological polar surface area (TPSA) is 59.1 Å². The van der Waals surface area contributed by atoms with Gasteiger partial charge in [-0.1, -0.05) is 20.3 Å². The van der Waals surface area contributed by atoms with Gasteiger partial charge in [-0.2, -0.15) is 0 Å². The van der Waals surface area contributed by atoms with Gasteiger partial charge in [-0.15, -0.1) is 0 Å². The summed E-state index contributed by atoms with van der Waals surface area (Å²) >= 11 is 0. The van der Waals surface area contributed by atoms with Crippen molar-refractivity contribution in [2.45, 2.75) is 53.2 Å². The van der Waals surface area contributed by atoms with Gasteiger partial charge < -0.3 is 15.4 Å². The number of nitrogens with zero attached hydrogens (tertiary/aromatic N) is 2. The van der Waals surface area contributed by atoms with Crippen molar-refractivity contribution in [1.29, 1.82) is 0 Å². The van der Waals surface area contributed by atoms with Crippen molar-refractivity contribution < 1.29 is 4.74 Å². The Morgan fingerprint density at radius 2 is 1.90 bits per heavy atom. The molecule has 0 saturated carbocycles. The van der Waals surface area contributed by atoms with Crippen LogP contribution in [0.3, 0.4) is 0 Å². The number of aromatic nitrogens is 2. The molecular weight excluding hydrogens is 252 g/mol. The van der Waals surface area contributed by atoms with E-state index in [4.69, 9.17) is 4.74 Å². The average Bonchev–Trinajstić information content (AvgIpc) is 2.38. The molecule has 0 saturated heterocycles. The molecule has 1 aromatic heterocycles. The smallest absolute Gasteiger partial charge is 0.158 e. The summed E-state index contributed by atoms with van der Waals surface area (Å²) in [5, 5.41) is 6.68. The van der Waals surface area contributed by atoms with E-state index in [1.54, 1.807) is 7.11 Å². The van der Waals surface area contributed by atoms with Crippen LogP contribution in [0.15, 0.2) is 6.07 Å². The number of anilines is 2. The summed E-state index contributed by atoms with van der Waals surface area (Å²) in [5.41, 5.74) is 0. The molecule has 0 fully saturated rings. The zero-order valence-electron chi connectivity index (χ0n) is 13.4. The van der Waals surface area contributed by atoms with Gasteiger partial charge in [0.15, 0.2) is 5.82 Å². The van der Waals surface area contributed by atoms with Crippen molar-refractivity contribution in [3.05, 3.63) is 11.9 Å². The first-order valence-electron chi connectivity index (χ1n) is 7.46. The zero-order valence-corrected chi connectivity index (χ0v) is 13.4. The fraction of sp³-hybridized carbons (Fsp3) is 0.733. The molecule has 1 aromatic rings. The minimum absolute atomic E-state index is 0.393. The molecule has 2 N–H and O–H groups in total. The van der Waals surface area contributed by atoms with E-state index in [1.165, 1.54) is 6.42 Å². The average molecular weight is 280 g/mol. The largest absolute Gasteiger partial charge is 0.377 e. The van der Waals surface area contributed by atoms with Gasteiger partial charge in [0.1, 0.15) is 18.2 Å². The van der Waals surface area contributed by atoms with E-state index >= 15 is 0 Å². The summed E-state index contributed by atoms with van der Waals surface area (Å²) < 4.78 is 5.12. The second-order valence-corrected chi connectivity index (χ2v) is 5.31. The first kappa shape index (κ1) is 16.7. The Morgan fingerprint density at radius 1 is 1.20 bits per heavy atom. The maximum absolute atomic E-state index is 5.12. The number of methoxy groups -OCH3 is 1. The maximum atomic E-state index is 5.12. The molecule has 0 spiro atoms. The van der Waals surface area contributed by atoms with Gasteiger partial charge in [-0.25, -0.2) is 9.97 Å². The van der Waals surface area contributed by atoms with Crippen molar-refractivity contribution in [1.82, 2.24) is 9.97 Å². The van der Waals surface area contributed by atoms with Gasteiger partial charge in [-0.05, 0) is 26.2 Å². The van der Waals surface area contributed by atoms with Gasteiger partial charge >= 0.3 is 0 Å². The lowest BCUT2D eigenvalue weighted by Crippen LogP contribution is -2.20. The SMILES string of the molecule is CCNc1cc(NC(C)CC(C)CC)nc(COC)n1. The molecule has 5 nitrogen and oxygen atoms in total. The fourth-order valence-electron chi connectivity index (χ4n) is 2.12. The summed E-state index contributed by atoms with van der Waals surface area (Å²) in [6.07, 6.45) is 2.34. The molecule has 2 unspecified atom stereocenters. The molecule has 0 aliphatic carbocycles. The third-order valence-corrected chi connectivity index (χ3v) is 3.25. The molecule has 0 amide bonds. The Labute approximate surface area is 122 Å². The second-order valence-electron chi connectivity index (χ2n) is 5.31. The van der Waals surface area contributed by atoms with Gasteiger partial charge in [0.2, 0.25) is 0 Å². The van der Waals surface area contributed by atoms with Crippen LogP contribution in [-0.2, 0) is 11.3 Å². The Morgan fingerprint density at radius 3 is 2.50 bits per heavy atom. The van der Waals surface area contributed by atoms with E-state index in [9.17, 15) is 0 Å². The summed E-state index contributed by atoms with van der Waals surface area (Å²) in [7, 11) is 1.65. The Hall–Kier alpha value is -1.36. The molecule has 0 aliphatic heterocycles. The van der Waals surface area contributed by atoms with Crippen LogP contribution in [0.4, 0.5) is 11.6 Å². The number of hydrogen-bond donors (Lipinski definition) is 2. The lowest BCUT2D eigenvalue weighted by molar-refractivity contribution is 0.178. The highest BCUT2D eigenvalue weighted by Crippen LogP contribution is 2.16. The zero-order chi connectivity index (χ0) is 15.0. The molecule has 0 aromatic carbocycles. The molecule has 2 atom stereocenters. The van der Waals surface area contributed by atoms with Crippen molar-refractivity contribution in [2.75, 3.05) is 24.3 Å². The Kier molecular flexibility index (Phi) is 7.30. The minimum Gasteiger partial charge on any atom is -0.377 e. The summed E-state index contributed by atoms with van der Waals surface area (Å²) in [4.78, 5) is 8.90. The highest BCUT2D eigenvalue weighted by molar-refractivity contribution is 5.47. The second kappa shape index (κ2) is 8.74. The van der Waals surface area contributed by atoms with Crippen LogP contribution in [0, 0.1) is 5.92 Å². The lowest BCUT2D eigenvalue weighted by atomic mass is 10.0. The molecule has 1 heterocycles. The highest BCUT2D eigenvalue weighted by atomic mass is 16.5. The number of nitrogens with one attached hydrogen (secondary N) is 2. The monoisotopic (exact) mass is 280 g/mol. The van der Waals surface area contributed by atoms with Crippen molar-refractivity contribution in [2.24, 2.45) is 5.92 Å². The van der Waals surface area contributed by atoms with Crippen LogP contribution in [-0.4, -0.2) is 29.7 Å². The molecule has 0 radical (unpaired) electrons. The van der Waals surface area contributed by atoms with Crippen LogP contribution < -0.4 is 10.6 Å². The van der Waals surface area contributed by atoms with E-state index < -0.39 is 0 Å². The molecule has 0 bridgehead atoms. The van der Waals surface area contributed by atoms with Crippen LogP contribution in [0.1, 0.15) is 46.4 Å². The highest BCUT2D eigenvalue weighted by Gasteiger charge is 2.10.